The third-order valence-electron chi connectivity index (χ3n) is 3.55. The normalized spacial score (nSPS) is 22.2. The third-order valence-corrected chi connectivity index (χ3v) is 4.36. The molecule has 92 valence electrons. The van der Waals surface area contributed by atoms with Gasteiger partial charge in [-0.15, -0.1) is 0 Å². The molecule has 0 saturated heterocycles. The summed E-state index contributed by atoms with van der Waals surface area (Å²) in [5.41, 5.74) is 0. The highest BCUT2D eigenvalue weighted by atomic mass is 32.1. The van der Waals surface area contributed by atoms with E-state index < -0.39 is 0 Å². The van der Waals surface area contributed by atoms with Gasteiger partial charge in [-0.1, -0.05) is 13.8 Å². The van der Waals surface area contributed by atoms with Crippen LogP contribution in [0, 0.1) is 17.8 Å². The molecule has 0 aromatic heterocycles. The van der Waals surface area contributed by atoms with Crippen LogP contribution in [0.25, 0.3) is 0 Å². The molecule has 0 bridgehead atoms. The van der Waals surface area contributed by atoms with E-state index in [2.05, 4.69) is 31.4 Å². The van der Waals surface area contributed by atoms with Crippen LogP contribution >= 0.6 is 12.6 Å². The summed E-state index contributed by atoms with van der Waals surface area (Å²) in [5, 5.41) is -0.113. The first-order chi connectivity index (χ1) is 7.58. The quantitative estimate of drug-likeness (QED) is 0.709. The Hall–Kier alpha value is -0.180. The number of carbonyl (C=O) groups excluding carboxylic acids is 1. The molecule has 2 aliphatic rings. The van der Waals surface area contributed by atoms with Crippen molar-refractivity contribution in [3.63, 3.8) is 0 Å². The number of amides is 1. The molecule has 0 N–H and O–H groups in total. The molecule has 0 aliphatic heterocycles. The topological polar surface area (TPSA) is 20.3 Å². The first kappa shape index (κ1) is 12.3. The van der Waals surface area contributed by atoms with E-state index in [4.69, 9.17) is 0 Å². The molecule has 0 aromatic carbocycles. The van der Waals surface area contributed by atoms with Gasteiger partial charge in [0.25, 0.3) is 0 Å². The minimum Gasteiger partial charge on any atom is -0.341 e. The van der Waals surface area contributed by atoms with Crippen molar-refractivity contribution in [3.8, 4) is 0 Å². The number of carbonyl (C=O) groups is 1. The number of hydrogen-bond acceptors (Lipinski definition) is 2. The lowest BCUT2D eigenvalue weighted by Gasteiger charge is -2.27. The molecule has 2 rings (SSSR count). The predicted octanol–water partition coefficient (Wildman–Crippen LogP) is 2.59. The average Bonchev–Trinajstić information content (AvgIpc) is 3.08. The molecule has 0 heterocycles. The summed E-state index contributed by atoms with van der Waals surface area (Å²) in [6.45, 7) is 6.11. The van der Waals surface area contributed by atoms with Crippen molar-refractivity contribution in [2.45, 2.75) is 44.8 Å². The van der Waals surface area contributed by atoms with Gasteiger partial charge in [-0.2, -0.15) is 12.6 Å². The fraction of sp³-hybridized carbons (Fsp3) is 0.923. The molecule has 0 aromatic rings. The zero-order valence-electron chi connectivity index (χ0n) is 10.4. The van der Waals surface area contributed by atoms with E-state index in [1.165, 1.54) is 25.7 Å². The van der Waals surface area contributed by atoms with Crippen molar-refractivity contribution in [2.24, 2.45) is 17.8 Å². The van der Waals surface area contributed by atoms with E-state index in [-0.39, 0.29) is 11.2 Å². The Labute approximate surface area is 104 Å². The molecular formula is C13H23NOS. The molecule has 1 atom stereocenters. The first-order valence-corrected chi connectivity index (χ1v) is 7.06. The van der Waals surface area contributed by atoms with Crippen molar-refractivity contribution >= 4 is 18.5 Å². The molecule has 1 amide bonds. The maximum atomic E-state index is 12.3. The predicted molar refractivity (Wildman–Crippen MR) is 69.6 cm³/mol. The van der Waals surface area contributed by atoms with E-state index in [1.807, 2.05) is 0 Å². The smallest absolute Gasteiger partial charge is 0.235 e. The lowest BCUT2D eigenvalue weighted by molar-refractivity contribution is -0.131. The van der Waals surface area contributed by atoms with Gasteiger partial charge in [0, 0.05) is 13.1 Å². The Balaban J connectivity index is 1.89. The van der Waals surface area contributed by atoms with Gasteiger partial charge < -0.3 is 4.90 Å². The van der Waals surface area contributed by atoms with Gasteiger partial charge in [0.2, 0.25) is 5.91 Å². The SMILES string of the molecule is CC(C)C(S)C(=O)N(CC1CC1)CC1CC1. The van der Waals surface area contributed by atoms with Crippen LogP contribution in [0.4, 0.5) is 0 Å². The monoisotopic (exact) mass is 241 g/mol. The van der Waals surface area contributed by atoms with E-state index in [0.717, 1.165) is 24.9 Å². The number of nitrogens with zero attached hydrogens (tertiary/aromatic N) is 1. The van der Waals surface area contributed by atoms with Crippen molar-refractivity contribution in [1.82, 2.24) is 4.90 Å². The molecule has 2 saturated carbocycles. The zero-order chi connectivity index (χ0) is 11.7. The van der Waals surface area contributed by atoms with E-state index in [9.17, 15) is 4.79 Å². The minimum absolute atomic E-state index is 0.113. The van der Waals surface area contributed by atoms with Crippen LogP contribution in [0.2, 0.25) is 0 Å². The fourth-order valence-corrected chi connectivity index (χ4v) is 2.11. The highest BCUT2D eigenvalue weighted by Gasteiger charge is 2.33. The lowest BCUT2D eigenvalue weighted by Crippen LogP contribution is -2.41. The van der Waals surface area contributed by atoms with Crippen LogP contribution in [0.1, 0.15) is 39.5 Å². The zero-order valence-corrected chi connectivity index (χ0v) is 11.2. The average molecular weight is 241 g/mol. The van der Waals surface area contributed by atoms with Crippen molar-refractivity contribution in [2.75, 3.05) is 13.1 Å². The second-order valence-electron chi connectivity index (χ2n) is 5.82. The summed E-state index contributed by atoms with van der Waals surface area (Å²) in [7, 11) is 0. The number of rotatable bonds is 6. The second kappa shape index (κ2) is 4.99. The van der Waals surface area contributed by atoms with Crippen LogP contribution in [0.15, 0.2) is 0 Å². The second-order valence-corrected chi connectivity index (χ2v) is 6.38. The van der Waals surface area contributed by atoms with Crippen LogP contribution in [-0.4, -0.2) is 29.1 Å². The molecule has 2 fully saturated rings. The maximum absolute atomic E-state index is 12.3. The maximum Gasteiger partial charge on any atom is 0.235 e. The molecule has 0 radical (unpaired) electrons. The van der Waals surface area contributed by atoms with Gasteiger partial charge in [-0.05, 0) is 43.4 Å². The Morgan fingerprint density at radius 1 is 1.19 bits per heavy atom. The highest BCUT2D eigenvalue weighted by Crippen LogP contribution is 2.34. The largest absolute Gasteiger partial charge is 0.341 e. The number of thiol groups is 1. The summed E-state index contributed by atoms with van der Waals surface area (Å²) in [4.78, 5) is 14.4. The molecule has 1 unspecified atom stereocenters. The Bertz CT molecular complexity index is 245. The summed E-state index contributed by atoms with van der Waals surface area (Å²) in [6.07, 6.45) is 5.25. The molecular weight excluding hydrogens is 218 g/mol. The molecule has 3 heteroatoms. The van der Waals surface area contributed by atoms with Gasteiger partial charge in [0.05, 0.1) is 5.25 Å². The molecule has 2 nitrogen and oxygen atoms in total. The summed E-state index contributed by atoms with van der Waals surface area (Å²) in [6, 6.07) is 0. The summed E-state index contributed by atoms with van der Waals surface area (Å²) in [5.74, 6) is 2.17. The van der Waals surface area contributed by atoms with Gasteiger partial charge in [0.15, 0.2) is 0 Å². The molecule has 0 spiro atoms. The van der Waals surface area contributed by atoms with E-state index in [1.54, 1.807) is 0 Å². The standard InChI is InChI=1S/C13H23NOS/c1-9(2)12(16)13(15)14(7-10-3-4-10)8-11-5-6-11/h9-12,16H,3-8H2,1-2H3. The third kappa shape index (κ3) is 3.41. The molecule has 16 heavy (non-hydrogen) atoms. The van der Waals surface area contributed by atoms with E-state index in [0.29, 0.717) is 5.92 Å². The van der Waals surface area contributed by atoms with E-state index >= 15 is 0 Å². The van der Waals surface area contributed by atoms with Gasteiger partial charge in [-0.3, -0.25) is 4.79 Å². The van der Waals surface area contributed by atoms with Crippen molar-refractivity contribution in [3.05, 3.63) is 0 Å². The van der Waals surface area contributed by atoms with Gasteiger partial charge in [0.1, 0.15) is 0 Å². The Morgan fingerprint density at radius 3 is 1.94 bits per heavy atom. The summed E-state index contributed by atoms with van der Waals surface area (Å²) >= 11 is 4.45. The fourth-order valence-electron chi connectivity index (χ4n) is 1.95. The van der Waals surface area contributed by atoms with Gasteiger partial charge >= 0.3 is 0 Å². The molecule has 2 aliphatic carbocycles. The Morgan fingerprint density at radius 2 is 1.62 bits per heavy atom. The van der Waals surface area contributed by atoms with Gasteiger partial charge in [-0.25, -0.2) is 0 Å². The van der Waals surface area contributed by atoms with Crippen LogP contribution < -0.4 is 0 Å². The van der Waals surface area contributed by atoms with Crippen molar-refractivity contribution < 1.29 is 4.79 Å². The lowest BCUT2D eigenvalue weighted by atomic mass is 10.1. The van der Waals surface area contributed by atoms with Crippen molar-refractivity contribution in [1.29, 1.82) is 0 Å². The number of hydrogen-bond donors (Lipinski definition) is 1. The summed E-state index contributed by atoms with van der Waals surface area (Å²) < 4.78 is 0. The highest BCUT2D eigenvalue weighted by molar-refractivity contribution is 7.81. The van der Waals surface area contributed by atoms with Crippen LogP contribution in [0.5, 0.6) is 0 Å². The van der Waals surface area contributed by atoms with Crippen LogP contribution in [-0.2, 0) is 4.79 Å². The Kier molecular flexibility index (Phi) is 3.83. The first-order valence-electron chi connectivity index (χ1n) is 6.54. The minimum atomic E-state index is -0.113. The van der Waals surface area contributed by atoms with Crippen LogP contribution in [0.3, 0.4) is 0 Å².